The lowest BCUT2D eigenvalue weighted by Crippen LogP contribution is -2.24. The molecule has 26 heavy (non-hydrogen) atoms. The van der Waals surface area contributed by atoms with Gasteiger partial charge in [-0.3, -0.25) is 4.79 Å². The first-order chi connectivity index (χ1) is 12.6. The van der Waals surface area contributed by atoms with E-state index in [2.05, 4.69) is 10.5 Å². The van der Waals surface area contributed by atoms with Crippen molar-refractivity contribution in [1.82, 2.24) is 5.43 Å². The lowest BCUT2D eigenvalue weighted by molar-refractivity contribution is -0.123. The molecular formula is C18H19ClN2O5. The molecule has 0 fully saturated rings. The lowest BCUT2D eigenvalue weighted by Gasteiger charge is -2.13. The van der Waals surface area contributed by atoms with E-state index in [0.717, 1.165) is 0 Å². The number of hydrogen-bond donors (Lipinski definition) is 1. The number of hydrogen-bond acceptors (Lipinski definition) is 6. The number of carbonyl (C=O) groups is 1. The first-order valence-corrected chi connectivity index (χ1v) is 7.96. The van der Waals surface area contributed by atoms with Gasteiger partial charge in [-0.05, 0) is 30.3 Å². The molecule has 2 rings (SSSR count). The van der Waals surface area contributed by atoms with Crippen molar-refractivity contribution in [1.29, 1.82) is 0 Å². The summed E-state index contributed by atoms with van der Waals surface area (Å²) in [6, 6.07) is 10.2. The summed E-state index contributed by atoms with van der Waals surface area (Å²) >= 11 is 5.85. The number of halogens is 1. The van der Waals surface area contributed by atoms with Crippen LogP contribution in [0.2, 0.25) is 5.02 Å². The monoisotopic (exact) mass is 378 g/mol. The Labute approximate surface area is 156 Å². The van der Waals surface area contributed by atoms with E-state index in [4.69, 9.17) is 30.5 Å². The van der Waals surface area contributed by atoms with E-state index in [1.165, 1.54) is 27.5 Å². The predicted octanol–water partition coefficient (Wildman–Crippen LogP) is 2.89. The third kappa shape index (κ3) is 5.03. The van der Waals surface area contributed by atoms with Gasteiger partial charge in [-0.1, -0.05) is 17.7 Å². The topological polar surface area (TPSA) is 78.4 Å². The van der Waals surface area contributed by atoms with Crippen molar-refractivity contribution >= 4 is 23.7 Å². The van der Waals surface area contributed by atoms with Gasteiger partial charge in [0.05, 0.1) is 27.5 Å². The van der Waals surface area contributed by atoms with Gasteiger partial charge in [0, 0.05) is 10.6 Å². The molecule has 138 valence electrons. The minimum absolute atomic E-state index is 0.194. The molecular weight excluding hydrogens is 360 g/mol. The molecule has 2 aromatic carbocycles. The number of nitrogens with zero attached hydrogens (tertiary/aromatic N) is 1. The molecule has 0 radical (unpaired) electrons. The van der Waals surface area contributed by atoms with Gasteiger partial charge < -0.3 is 18.9 Å². The summed E-state index contributed by atoms with van der Waals surface area (Å²) in [5.41, 5.74) is 2.99. The van der Waals surface area contributed by atoms with E-state index in [9.17, 15) is 4.79 Å². The molecule has 7 nitrogen and oxygen atoms in total. The van der Waals surface area contributed by atoms with Crippen LogP contribution in [-0.4, -0.2) is 40.1 Å². The summed E-state index contributed by atoms with van der Waals surface area (Å²) in [5, 5.41) is 4.43. The van der Waals surface area contributed by atoms with Crippen molar-refractivity contribution in [3.63, 3.8) is 0 Å². The molecule has 0 saturated heterocycles. The minimum Gasteiger partial charge on any atom is -0.493 e. The van der Waals surface area contributed by atoms with Crippen molar-refractivity contribution in [2.24, 2.45) is 5.10 Å². The fourth-order valence-electron chi connectivity index (χ4n) is 2.14. The summed E-state index contributed by atoms with van der Waals surface area (Å²) in [7, 11) is 4.55. The maximum Gasteiger partial charge on any atom is 0.277 e. The zero-order valence-corrected chi connectivity index (χ0v) is 15.4. The molecule has 2 aromatic rings. The summed E-state index contributed by atoms with van der Waals surface area (Å²) < 4.78 is 21.2. The van der Waals surface area contributed by atoms with Gasteiger partial charge in [0.1, 0.15) is 5.75 Å². The number of carbonyl (C=O) groups excluding carboxylic acids is 1. The molecule has 1 amide bonds. The highest BCUT2D eigenvalue weighted by Crippen LogP contribution is 2.38. The molecule has 0 spiro atoms. The fourth-order valence-corrected chi connectivity index (χ4v) is 2.32. The average Bonchev–Trinajstić information content (AvgIpc) is 2.65. The first kappa shape index (κ1) is 19.4. The van der Waals surface area contributed by atoms with Crippen LogP contribution >= 0.6 is 11.6 Å². The number of hydrazone groups is 1. The van der Waals surface area contributed by atoms with Gasteiger partial charge in [0.15, 0.2) is 18.1 Å². The number of ether oxygens (including phenoxy) is 4. The van der Waals surface area contributed by atoms with Gasteiger partial charge in [-0.15, -0.1) is 0 Å². The Balaban J connectivity index is 1.98. The largest absolute Gasteiger partial charge is 0.493 e. The highest BCUT2D eigenvalue weighted by atomic mass is 35.5. The first-order valence-electron chi connectivity index (χ1n) is 7.58. The zero-order chi connectivity index (χ0) is 18.9. The molecule has 8 heteroatoms. The lowest BCUT2D eigenvalue weighted by atomic mass is 10.2. The number of nitrogens with one attached hydrogen (secondary N) is 1. The van der Waals surface area contributed by atoms with Crippen molar-refractivity contribution in [2.45, 2.75) is 0 Å². The minimum atomic E-state index is -0.416. The van der Waals surface area contributed by atoms with Crippen LogP contribution in [0.25, 0.3) is 0 Å². The van der Waals surface area contributed by atoms with Crippen LogP contribution in [0.15, 0.2) is 41.5 Å². The van der Waals surface area contributed by atoms with E-state index in [-0.39, 0.29) is 6.61 Å². The second-order valence-corrected chi connectivity index (χ2v) is 5.40. The second kappa shape index (κ2) is 9.53. The average molecular weight is 379 g/mol. The maximum atomic E-state index is 11.8. The quantitative estimate of drug-likeness (QED) is 0.564. The van der Waals surface area contributed by atoms with Gasteiger partial charge >= 0.3 is 0 Å². The summed E-state index contributed by atoms with van der Waals surface area (Å²) in [5.74, 6) is 1.49. The molecule has 0 atom stereocenters. The van der Waals surface area contributed by atoms with Crippen LogP contribution in [0.5, 0.6) is 23.0 Å². The Morgan fingerprint density at radius 2 is 1.88 bits per heavy atom. The third-order valence-electron chi connectivity index (χ3n) is 3.29. The fraction of sp³-hybridized carbons (Fsp3) is 0.222. The molecule has 1 N–H and O–H groups in total. The highest BCUT2D eigenvalue weighted by Gasteiger charge is 2.14. The number of methoxy groups -OCH3 is 3. The van der Waals surface area contributed by atoms with E-state index in [1.54, 1.807) is 36.4 Å². The smallest absolute Gasteiger partial charge is 0.277 e. The normalized spacial score (nSPS) is 10.5. The van der Waals surface area contributed by atoms with Crippen LogP contribution in [0.4, 0.5) is 0 Å². The number of amides is 1. The number of benzene rings is 2. The molecule has 0 bridgehead atoms. The summed E-state index contributed by atoms with van der Waals surface area (Å²) in [6.07, 6.45) is 1.44. The standard InChI is InChI=1S/C18H19ClN2O5/c1-23-15-8-7-12(17(24-2)18(15)25-3)10-20-21-16(22)11-26-14-6-4-5-13(19)9-14/h4-10H,11H2,1-3H3,(H,21,22)/b20-10-. The van der Waals surface area contributed by atoms with E-state index in [1.807, 2.05) is 0 Å². The van der Waals surface area contributed by atoms with Gasteiger partial charge in [-0.25, -0.2) is 5.43 Å². The summed E-state index contributed by atoms with van der Waals surface area (Å²) in [6.45, 7) is -0.194. The zero-order valence-electron chi connectivity index (χ0n) is 14.6. The van der Waals surface area contributed by atoms with Crippen LogP contribution in [-0.2, 0) is 4.79 Å². The van der Waals surface area contributed by atoms with E-state index in [0.29, 0.717) is 33.6 Å². The van der Waals surface area contributed by atoms with E-state index < -0.39 is 5.91 Å². The van der Waals surface area contributed by atoms with Crippen molar-refractivity contribution in [2.75, 3.05) is 27.9 Å². The third-order valence-corrected chi connectivity index (χ3v) is 3.53. The molecule has 0 heterocycles. The van der Waals surface area contributed by atoms with Crippen LogP contribution in [0.1, 0.15) is 5.56 Å². The maximum absolute atomic E-state index is 11.8. The van der Waals surface area contributed by atoms with Gasteiger partial charge in [-0.2, -0.15) is 5.10 Å². The highest BCUT2D eigenvalue weighted by molar-refractivity contribution is 6.30. The second-order valence-electron chi connectivity index (χ2n) is 4.96. The van der Waals surface area contributed by atoms with Crippen molar-refractivity contribution in [3.8, 4) is 23.0 Å². The van der Waals surface area contributed by atoms with Crippen molar-refractivity contribution < 1.29 is 23.7 Å². The molecule has 0 saturated carbocycles. The Bertz CT molecular complexity index is 795. The van der Waals surface area contributed by atoms with Crippen LogP contribution in [0, 0.1) is 0 Å². The Morgan fingerprint density at radius 3 is 2.54 bits per heavy atom. The summed E-state index contributed by atoms with van der Waals surface area (Å²) in [4.78, 5) is 11.8. The molecule has 0 aromatic heterocycles. The SMILES string of the molecule is COc1ccc(/C=N\NC(=O)COc2cccc(Cl)c2)c(OC)c1OC. The van der Waals surface area contributed by atoms with Gasteiger partial charge in [0.2, 0.25) is 5.75 Å². The van der Waals surface area contributed by atoms with Crippen LogP contribution in [0.3, 0.4) is 0 Å². The Morgan fingerprint density at radius 1 is 1.12 bits per heavy atom. The molecule has 0 aliphatic carbocycles. The van der Waals surface area contributed by atoms with Crippen molar-refractivity contribution in [3.05, 3.63) is 47.0 Å². The van der Waals surface area contributed by atoms with Crippen LogP contribution < -0.4 is 24.4 Å². The number of rotatable bonds is 8. The molecule has 0 unspecified atom stereocenters. The predicted molar refractivity (Wildman–Crippen MR) is 98.8 cm³/mol. The Hall–Kier alpha value is -2.93. The molecule has 0 aliphatic rings. The molecule has 0 aliphatic heterocycles. The van der Waals surface area contributed by atoms with E-state index >= 15 is 0 Å². The Kier molecular flexibility index (Phi) is 7.11. The van der Waals surface area contributed by atoms with Gasteiger partial charge in [0.25, 0.3) is 5.91 Å².